The van der Waals surface area contributed by atoms with Crippen LogP contribution in [-0.2, 0) is 11.3 Å². The Hall–Kier alpha value is -1.27. The molecular weight excluding hydrogens is 348 g/mol. The Bertz CT molecular complexity index is 516. The molecule has 1 atom stereocenters. The van der Waals surface area contributed by atoms with E-state index in [0.29, 0.717) is 30.4 Å². The summed E-state index contributed by atoms with van der Waals surface area (Å²) < 4.78 is 11.4. The van der Waals surface area contributed by atoms with Crippen LogP contribution in [-0.4, -0.2) is 33.2 Å². The van der Waals surface area contributed by atoms with Gasteiger partial charge in [0.25, 0.3) is 0 Å². The molecule has 1 heterocycles. The van der Waals surface area contributed by atoms with E-state index in [-0.39, 0.29) is 5.91 Å². The molecule has 2 rings (SSSR count). The number of benzene rings is 1. The molecule has 0 aromatic heterocycles. The zero-order chi connectivity index (χ0) is 15.9. The van der Waals surface area contributed by atoms with Crippen molar-refractivity contribution in [3.63, 3.8) is 0 Å². The third-order valence-corrected chi connectivity index (χ3v) is 4.71. The summed E-state index contributed by atoms with van der Waals surface area (Å²) in [4.78, 5) is 12.0. The summed E-state index contributed by atoms with van der Waals surface area (Å²) in [6.07, 6.45) is 2.71. The third kappa shape index (κ3) is 4.61. The van der Waals surface area contributed by atoms with Gasteiger partial charge in [-0.3, -0.25) is 4.79 Å². The summed E-state index contributed by atoms with van der Waals surface area (Å²) >= 11 is 3.50. The SMILES string of the molecule is COc1cc(Br)c(CNC(=O)CCC2CCNC2)cc1OC. The Morgan fingerprint density at radius 1 is 1.36 bits per heavy atom. The molecule has 1 aromatic rings. The number of methoxy groups -OCH3 is 2. The lowest BCUT2D eigenvalue weighted by molar-refractivity contribution is -0.121. The van der Waals surface area contributed by atoms with Crippen molar-refractivity contribution >= 4 is 21.8 Å². The number of amides is 1. The van der Waals surface area contributed by atoms with Crippen LogP contribution in [0.2, 0.25) is 0 Å². The van der Waals surface area contributed by atoms with Crippen LogP contribution >= 0.6 is 15.9 Å². The molecule has 1 aromatic carbocycles. The van der Waals surface area contributed by atoms with Gasteiger partial charge >= 0.3 is 0 Å². The summed E-state index contributed by atoms with van der Waals surface area (Å²) in [5.74, 6) is 2.05. The van der Waals surface area contributed by atoms with Gasteiger partial charge in [-0.1, -0.05) is 15.9 Å². The van der Waals surface area contributed by atoms with Crippen molar-refractivity contribution in [1.29, 1.82) is 0 Å². The van der Waals surface area contributed by atoms with Crippen LogP contribution in [0.15, 0.2) is 16.6 Å². The number of halogens is 1. The van der Waals surface area contributed by atoms with Gasteiger partial charge in [0.2, 0.25) is 5.91 Å². The molecule has 1 fully saturated rings. The summed E-state index contributed by atoms with van der Waals surface area (Å²) in [5, 5.41) is 6.29. The van der Waals surface area contributed by atoms with Crippen molar-refractivity contribution in [2.45, 2.75) is 25.8 Å². The molecular formula is C16H23BrN2O3. The maximum Gasteiger partial charge on any atom is 0.220 e. The van der Waals surface area contributed by atoms with E-state index in [2.05, 4.69) is 26.6 Å². The van der Waals surface area contributed by atoms with Crippen LogP contribution < -0.4 is 20.1 Å². The fourth-order valence-corrected chi connectivity index (χ4v) is 3.07. The molecule has 1 saturated heterocycles. The number of ether oxygens (including phenoxy) is 2. The van der Waals surface area contributed by atoms with Crippen LogP contribution in [0.5, 0.6) is 11.5 Å². The monoisotopic (exact) mass is 370 g/mol. The highest BCUT2D eigenvalue weighted by atomic mass is 79.9. The molecule has 0 saturated carbocycles. The maximum atomic E-state index is 12.0. The van der Waals surface area contributed by atoms with E-state index in [1.54, 1.807) is 14.2 Å². The van der Waals surface area contributed by atoms with Crippen molar-refractivity contribution in [3.8, 4) is 11.5 Å². The molecule has 1 aliphatic rings. The summed E-state index contributed by atoms with van der Waals surface area (Å²) in [6.45, 7) is 2.59. The first-order chi connectivity index (χ1) is 10.6. The number of nitrogens with one attached hydrogen (secondary N) is 2. The van der Waals surface area contributed by atoms with Gasteiger partial charge in [0.1, 0.15) is 0 Å². The lowest BCUT2D eigenvalue weighted by Crippen LogP contribution is -2.23. The Morgan fingerprint density at radius 2 is 2.09 bits per heavy atom. The Morgan fingerprint density at radius 3 is 2.73 bits per heavy atom. The number of carbonyl (C=O) groups is 1. The van der Waals surface area contributed by atoms with E-state index in [1.807, 2.05) is 12.1 Å². The quantitative estimate of drug-likeness (QED) is 0.773. The smallest absolute Gasteiger partial charge is 0.220 e. The molecule has 5 nitrogen and oxygen atoms in total. The van der Waals surface area contributed by atoms with Crippen molar-refractivity contribution < 1.29 is 14.3 Å². The molecule has 122 valence electrons. The first kappa shape index (κ1) is 17.1. The molecule has 22 heavy (non-hydrogen) atoms. The number of hydrogen-bond donors (Lipinski definition) is 2. The van der Waals surface area contributed by atoms with E-state index in [0.717, 1.165) is 29.5 Å². The average molecular weight is 371 g/mol. The topological polar surface area (TPSA) is 59.6 Å². The number of hydrogen-bond acceptors (Lipinski definition) is 4. The lowest BCUT2D eigenvalue weighted by atomic mass is 10.0. The molecule has 2 N–H and O–H groups in total. The average Bonchev–Trinajstić information content (AvgIpc) is 3.04. The van der Waals surface area contributed by atoms with Gasteiger partial charge in [0, 0.05) is 17.4 Å². The van der Waals surface area contributed by atoms with Gasteiger partial charge in [-0.25, -0.2) is 0 Å². The van der Waals surface area contributed by atoms with Crippen LogP contribution in [0.1, 0.15) is 24.8 Å². The second-order valence-electron chi connectivity index (χ2n) is 5.47. The zero-order valence-corrected chi connectivity index (χ0v) is 14.7. The highest BCUT2D eigenvalue weighted by Crippen LogP contribution is 2.33. The van der Waals surface area contributed by atoms with E-state index in [9.17, 15) is 4.79 Å². The van der Waals surface area contributed by atoms with E-state index in [1.165, 1.54) is 6.42 Å². The van der Waals surface area contributed by atoms with Gasteiger partial charge in [0.15, 0.2) is 11.5 Å². The van der Waals surface area contributed by atoms with Crippen molar-refractivity contribution in [1.82, 2.24) is 10.6 Å². The molecule has 0 aliphatic carbocycles. The Labute approximate surface area is 139 Å². The van der Waals surface area contributed by atoms with Gasteiger partial charge in [-0.05, 0) is 49.5 Å². The second-order valence-corrected chi connectivity index (χ2v) is 6.33. The first-order valence-electron chi connectivity index (χ1n) is 7.52. The Kier molecular flexibility index (Phi) is 6.51. The van der Waals surface area contributed by atoms with Crippen LogP contribution in [0, 0.1) is 5.92 Å². The van der Waals surface area contributed by atoms with E-state index >= 15 is 0 Å². The largest absolute Gasteiger partial charge is 0.493 e. The third-order valence-electron chi connectivity index (χ3n) is 3.97. The van der Waals surface area contributed by atoms with Gasteiger partial charge in [0.05, 0.1) is 14.2 Å². The zero-order valence-electron chi connectivity index (χ0n) is 13.1. The number of carbonyl (C=O) groups excluding carboxylic acids is 1. The maximum absolute atomic E-state index is 12.0. The van der Waals surface area contributed by atoms with Gasteiger partial charge in [-0.2, -0.15) is 0 Å². The second kappa shape index (κ2) is 8.39. The molecule has 1 unspecified atom stereocenters. The van der Waals surface area contributed by atoms with E-state index in [4.69, 9.17) is 9.47 Å². The fraction of sp³-hybridized carbons (Fsp3) is 0.562. The van der Waals surface area contributed by atoms with Crippen LogP contribution in [0.4, 0.5) is 0 Å². The van der Waals surface area contributed by atoms with Crippen molar-refractivity contribution in [2.75, 3.05) is 27.3 Å². The minimum atomic E-state index is 0.0913. The molecule has 1 aliphatic heterocycles. The lowest BCUT2D eigenvalue weighted by Gasteiger charge is -2.13. The van der Waals surface area contributed by atoms with Crippen molar-refractivity contribution in [2.24, 2.45) is 5.92 Å². The van der Waals surface area contributed by atoms with Gasteiger partial charge in [-0.15, -0.1) is 0 Å². The van der Waals surface area contributed by atoms with Crippen LogP contribution in [0.3, 0.4) is 0 Å². The minimum Gasteiger partial charge on any atom is -0.493 e. The fourth-order valence-electron chi connectivity index (χ4n) is 2.61. The first-order valence-corrected chi connectivity index (χ1v) is 8.31. The predicted molar refractivity (Wildman–Crippen MR) is 89.3 cm³/mol. The molecule has 1 amide bonds. The summed E-state index contributed by atoms with van der Waals surface area (Å²) in [6, 6.07) is 3.73. The van der Waals surface area contributed by atoms with Crippen LogP contribution in [0.25, 0.3) is 0 Å². The molecule has 0 bridgehead atoms. The number of rotatable bonds is 7. The Balaban J connectivity index is 1.86. The molecule has 6 heteroatoms. The van der Waals surface area contributed by atoms with E-state index < -0.39 is 0 Å². The molecule has 0 radical (unpaired) electrons. The summed E-state index contributed by atoms with van der Waals surface area (Å²) in [5.41, 5.74) is 0.966. The highest BCUT2D eigenvalue weighted by Gasteiger charge is 2.16. The summed E-state index contributed by atoms with van der Waals surface area (Å²) in [7, 11) is 3.20. The molecule has 0 spiro atoms. The minimum absolute atomic E-state index is 0.0913. The normalized spacial score (nSPS) is 17.3. The highest BCUT2D eigenvalue weighted by molar-refractivity contribution is 9.10. The predicted octanol–water partition coefficient (Wildman–Crippen LogP) is 2.47. The van der Waals surface area contributed by atoms with Crippen molar-refractivity contribution in [3.05, 3.63) is 22.2 Å². The van der Waals surface area contributed by atoms with Gasteiger partial charge < -0.3 is 20.1 Å². The standard InChI is InChI=1S/C16H23BrN2O3/c1-21-14-7-12(13(17)8-15(14)22-2)10-19-16(20)4-3-11-5-6-18-9-11/h7-8,11,18H,3-6,9-10H2,1-2H3,(H,19,20).